The van der Waals surface area contributed by atoms with Crippen molar-refractivity contribution in [1.29, 1.82) is 0 Å². The van der Waals surface area contributed by atoms with Crippen LogP contribution in [0.1, 0.15) is 44.3 Å². The molecule has 1 unspecified atom stereocenters. The first-order chi connectivity index (χ1) is 14.1. The number of aliphatic imine (C=N–C) groups is 1. The quantitative estimate of drug-likeness (QED) is 0.572. The maximum atomic E-state index is 12.0. The number of rotatable bonds is 4. The lowest BCUT2D eigenvalue weighted by Gasteiger charge is -2.38. The standard InChI is InChI=1S/C20H27N7O2/c1-2-25-5-7-26(8-6-25)16-11-17(22-15-3-4-15)27-19(23-16)14(12-21-27)9-13-10-18(28)24-20(13)29/h9,12,15,17,22H,2-8,10-11H2,1H3,(H,24,28,29)/b13-9+. The fourth-order valence-electron chi connectivity index (χ4n) is 4.22. The van der Waals surface area contributed by atoms with E-state index < -0.39 is 0 Å². The zero-order valence-corrected chi connectivity index (χ0v) is 16.7. The zero-order chi connectivity index (χ0) is 20.0. The topological polar surface area (TPSA) is 94.9 Å². The first-order valence-corrected chi connectivity index (χ1v) is 10.5. The van der Waals surface area contributed by atoms with E-state index in [2.05, 4.69) is 32.5 Å². The van der Waals surface area contributed by atoms with Crippen LogP contribution in [0.3, 0.4) is 0 Å². The molecular weight excluding hydrogens is 370 g/mol. The Morgan fingerprint density at radius 2 is 2.03 bits per heavy atom. The van der Waals surface area contributed by atoms with Crippen LogP contribution in [0.2, 0.25) is 0 Å². The Morgan fingerprint density at radius 1 is 1.24 bits per heavy atom. The molecule has 9 heteroatoms. The maximum Gasteiger partial charge on any atom is 0.254 e. The summed E-state index contributed by atoms with van der Waals surface area (Å²) in [6, 6.07) is 0.549. The Morgan fingerprint density at radius 3 is 2.69 bits per heavy atom. The fraction of sp³-hybridized carbons (Fsp3) is 0.600. The monoisotopic (exact) mass is 397 g/mol. The molecule has 2 amide bonds. The number of carbonyl (C=O) groups is 2. The lowest BCUT2D eigenvalue weighted by Crippen LogP contribution is -2.50. The summed E-state index contributed by atoms with van der Waals surface area (Å²) in [5.41, 5.74) is 1.26. The molecule has 3 fully saturated rings. The van der Waals surface area contributed by atoms with Crippen LogP contribution in [0.25, 0.3) is 6.08 Å². The number of imide groups is 1. The molecule has 9 nitrogen and oxygen atoms in total. The van der Waals surface area contributed by atoms with Gasteiger partial charge >= 0.3 is 0 Å². The number of amides is 2. The van der Waals surface area contributed by atoms with E-state index in [1.807, 2.05) is 4.68 Å². The van der Waals surface area contributed by atoms with Gasteiger partial charge in [-0.25, -0.2) is 9.67 Å². The van der Waals surface area contributed by atoms with Gasteiger partial charge in [0.15, 0.2) is 5.82 Å². The number of piperazine rings is 1. The van der Waals surface area contributed by atoms with Crippen molar-refractivity contribution < 1.29 is 9.59 Å². The summed E-state index contributed by atoms with van der Waals surface area (Å²) in [5.74, 6) is 1.27. The number of carbonyl (C=O) groups excluding carboxylic acids is 2. The summed E-state index contributed by atoms with van der Waals surface area (Å²) in [5, 5.41) is 10.6. The molecular formula is C20H27N7O2. The van der Waals surface area contributed by atoms with Gasteiger partial charge in [0, 0.05) is 49.8 Å². The number of hydrogen-bond donors (Lipinski definition) is 2. The van der Waals surface area contributed by atoms with Crippen LogP contribution in [0.5, 0.6) is 0 Å². The van der Waals surface area contributed by atoms with E-state index in [-0.39, 0.29) is 24.4 Å². The van der Waals surface area contributed by atoms with Crippen molar-refractivity contribution in [3.05, 3.63) is 17.3 Å². The van der Waals surface area contributed by atoms with Gasteiger partial charge in [-0.2, -0.15) is 5.10 Å². The number of nitrogens with zero attached hydrogens (tertiary/aromatic N) is 5. The average molecular weight is 397 g/mol. The summed E-state index contributed by atoms with van der Waals surface area (Å²) >= 11 is 0. The largest absolute Gasteiger partial charge is 0.357 e. The normalized spacial score (nSPS) is 26.7. The minimum atomic E-state index is -0.321. The second kappa shape index (κ2) is 7.38. The third-order valence-corrected chi connectivity index (χ3v) is 6.12. The molecule has 1 aliphatic carbocycles. The predicted octanol–water partition coefficient (Wildman–Crippen LogP) is 0.635. The van der Waals surface area contributed by atoms with Crippen molar-refractivity contribution in [2.45, 2.75) is 44.8 Å². The molecule has 2 saturated heterocycles. The Kier molecular flexibility index (Phi) is 4.71. The van der Waals surface area contributed by atoms with Crippen LogP contribution in [-0.2, 0) is 9.59 Å². The van der Waals surface area contributed by atoms with Crippen molar-refractivity contribution in [2.75, 3.05) is 32.7 Å². The van der Waals surface area contributed by atoms with Crippen LogP contribution < -0.4 is 10.6 Å². The molecule has 1 aromatic rings. The van der Waals surface area contributed by atoms with E-state index in [1.54, 1.807) is 12.3 Å². The van der Waals surface area contributed by atoms with Crippen molar-refractivity contribution in [3.8, 4) is 0 Å². The average Bonchev–Trinajstić information content (AvgIpc) is 3.36. The summed E-state index contributed by atoms with van der Waals surface area (Å²) in [6.45, 7) is 7.33. The van der Waals surface area contributed by atoms with E-state index in [9.17, 15) is 9.59 Å². The molecule has 0 radical (unpaired) electrons. The van der Waals surface area contributed by atoms with Gasteiger partial charge in [0.05, 0.1) is 12.6 Å². The van der Waals surface area contributed by atoms with Crippen molar-refractivity contribution in [2.24, 2.45) is 4.99 Å². The van der Waals surface area contributed by atoms with Gasteiger partial charge in [-0.1, -0.05) is 6.92 Å². The molecule has 3 aliphatic heterocycles. The first-order valence-electron chi connectivity index (χ1n) is 10.5. The van der Waals surface area contributed by atoms with Crippen LogP contribution in [-0.4, -0.2) is 76.0 Å². The van der Waals surface area contributed by atoms with E-state index in [0.717, 1.165) is 56.4 Å². The van der Waals surface area contributed by atoms with E-state index in [1.165, 1.54) is 12.8 Å². The van der Waals surface area contributed by atoms with Gasteiger partial charge in [-0.3, -0.25) is 20.2 Å². The molecule has 29 heavy (non-hydrogen) atoms. The first kappa shape index (κ1) is 18.5. The summed E-state index contributed by atoms with van der Waals surface area (Å²) in [6.07, 6.45) is 6.91. The molecule has 0 bridgehead atoms. The molecule has 1 atom stereocenters. The lowest BCUT2D eigenvalue weighted by molar-refractivity contribution is -0.124. The van der Waals surface area contributed by atoms with E-state index in [0.29, 0.717) is 11.6 Å². The van der Waals surface area contributed by atoms with E-state index >= 15 is 0 Å². The van der Waals surface area contributed by atoms with Gasteiger partial charge in [0.1, 0.15) is 12.0 Å². The smallest absolute Gasteiger partial charge is 0.254 e. The summed E-state index contributed by atoms with van der Waals surface area (Å²) < 4.78 is 1.94. The van der Waals surface area contributed by atoms with Gasteiger partial charge in [-0.05, 0) is 25.5 Å². The van der Waals surface area contributed by atoms with Gasteiger partial charge in [0.2, 0.25) is 5.91 Å². The van der Waals surface area contributed by atoms with Crippen LogP contribution in [0, 0.1) is 0 Å². The van der Waals surface area contributed by atoms with E-state index in [4.69, 9.17) is 4.99 Å². The molecule has 154 valence electrons. The van der Waals surface area contributed by atoms with Gasteiger partial charge in [0.25, 0.3) is 5.91 Å². The molecule has 0 aromatic carbocycles. The van der Waals surface area contributed by atoms with Crippen LogP contribution in [0.15, 0.2) is 16.8 Å². The number of fused-ring (bicyclic) bond motifs is 1. The zero-order valence-electron chi connectivity index (χ0n) is 16.7. The highest BCUT2D eigenvalue weighted by atomic mass is 16.2. The Labute approximate surface area is 169 Å². The highest BCUT2D eigenvalue weighted by Crippen LogP contribution is 2.34. The molecule has 5 rings (SSSR count). The molecule has 0 spiro atoms. The molecule has 1 aromatic heterocycles. The number of nitrogens with one attached hydrogen (secondary N) is 2. The number of likely N-dealkylation sites (N-methyl/N-ethyl adjacent to an activating group) is 1. The second-order valence-electron chi connectivity index (χ2n) is 8.20. The molecule has 1 saturated carbocycles. The highest BCUT2D eigenvalue weighted by molar-refractivity contribution is 6.15. The van der Waals surface area contributed by atoms with Gasteiger partial charge in [-0.15, -0.1) is 0 Å². The molecule has 4 heterocycles. The second-order valence-corrected chi connectivity index (χ2v) is 8.20. The maximum absolute atomic E-state index is 12.0. The van der Waals surface area contributed by atoms with Crippen molar-refractivity contribution in [1.82, 2.24) is 30.2 Å². The Balaban J connectivity index is 1.45. The fourth-order valence-corrected chi connectivity index (χ4v) is 4.22. The highest BCUT2D eigenvalue weighted by Gasteiger charge is 2.33. The summed E-state index contributed by atoms with van der Waals surface area (Å²) in [7, 11) is 0. The van der Waals surface area contributed by atoms with Crippen LogP contribution in [0.4, 0.5) is 5.82 Å². The molecule has 2 N–H and O–H groups in total. The third-order valence-electron chi connectivity index (χ3n) is 6.12. The Bertz CT molecular complexity index is 891. The van der Waals surface area contributed by atoms with Crippen LogP contribution >= 0.6 is 0 Å². The number of amidine groups is 1. The Hall–Kier alpha value is -2.52. The van der Waals surface area contributed by atoms with Crippen molar-refractivity contribution >= 4 is 29.5 Å². The third kappa shape index (κ3) is 3.72. The van der Waals surface area contributed by atoms with Crippen molar-refractivity contribution in [3.63, 3.8) is 0 Å². The summed E-state index contributed by atoms with van der Waals surface area (Å²) in [4.78, 5) is 33.3. The number of aromatic nitrogens is 2. The van der Waals surface area contributed by atoms with Gasteiger partial charge < -0.3 is 9.80 Å². The predicted molar refractivity (Wildman–Crippen MR) is 109 cm³/mol. The molecule has 4 aliphatic rings. The number of hydrogen-bond acceptors (Lipinski definition) is 7. The minimum Gasteiger partial charge on any atom is -0.357 e. The SMILES string of the molecule is CCN1CCN(C2=Nc3c(/C=C4\CC(=O)NC4=O)cnn3C(NC3CC3)C2)CC1. The minimum absolute atomic E-state index is 0.0698. The lowest BCUT2D eigenvalue weighted by atomic mass is 10.1.